The Morgan fingerprint density at radius 1 is 1.00 bits per heavy atom. The van der Waals surface area contributed by atoms with Crippen LogP contribution in [0.4, 0.5) is 0 Å². The molecule has 0 aliphatic heterocycles. The normalized spacial score (nSPS) is 8.67. The van der Waals surface area contributed by atoms with Crippen molar-refractivity contribution in [3.63, 3.8) is 0 Å². The van der Waals surface area contributed by atoms with E-state index in [1.54, 1.807) is 6.33 Å². The summed E-state index contributed by atoms with van der Waals surface area (Å²) in [5, 5.41) is 0. The molecule has 0 unspecified atom stereocenters. The van der Waals surface area contributed by atoms with Gasteiger partial charge in [-0.2, -0.15) is 0 Å². The van der Waals surface area contributed by atoms with E-state index in [0.717, 1.165) is 16.7 Å². The molecule has 0 aliphatic rings. The monoisotopic (exact) mass is 207 g/mol. The van der Waals surface area contributed by atoms with Crippen LogP contribution in [0.1, 0.15) is 39.0 Å². The fourth-order valence-corrected chi connectivity index (χ4v) is 1.19. The van der Waals surface area contributed by atoms with E-state index in [2.05, 4.69) is 15.0 Å². The number of fused-ring (bicyclic) bond motifs is 1. The molecule has 0 aliphatic carbocycles. The Hall–Kier alpha value is -1.38. The molecular formula is C12H21N3. The number of aromatic nitrogens is 3. The average molecular weight is 207 g/mol. The van der Waals surface area contributed by atoms with Gasteiger partial charge in [-0.05, 0) is 19.4 Å². The summed E-state index contributed by atoms with van der Waals surface area (Å²) in [5.74, 6) is 0. The van der Waals surface area contributed by atoms with Crippen LogP contribution in [0, 0.1) is 13.8 Å². The number of hydrogen-bond donors (Lipinski definition) is 1. The maximum atomic E-state index is 4.16. The van der Waals surface area contributed by atoms with Crippen LogP contribution in [-0.2, 0) is 0 Å². The third kappa shape index (κ3) is 3.05. The Morgan fingerprint density at radius 3 is 2.13 bits per heavy atom. The third-order valence-corrected chi connectivity index (χ3v) is 1.84. The van der Waals surface area contributed by atoms with Gasteiger partial charge in [-0.3, -0.25) is 0 Å². The molecule has 0 fully saturated rings. The molecule has 0 radical (unpaired) electrons. The van der Waals surface area contributed by atoms with Gasteiger partial charge in [0.05, 0.1) is 16.7 Å². The average Bonchev–Trinajstić information content (AvgIpc) is 2.68. The lowest BCUT2D eigenvalue weighted by Crippen LogP contribution is -1.84. The molecule has 0 bridgehead atoms. The Labute approximate surface area is 92.0 Å². The molecule has 3 nitrogen and oxygen atoms in total. The van der Waals surface area contributed by atoms with Gasteiger partial charge in [-0.25, -0.2) is 9.97 Å². The van der Waals surface area contributed by atoms with Crippen LogP contribution >= 0.6 is 0 Å². The zero-order valence-electron chi connectivity index (χ0n) is 10.5. The minimum atomic E-state index is 1.00. The molecular weight excluding hydrogens is 186 g/mol. The molecule has 0 amide bonds. The summed E-state index contributed by atoms with van der Waals surface area (Å²) in [6.45, 7) is 12.0. The molecule has 2 heterocycles. The van der Waals surface area contributed by atoms with Crippen molar-refractivity contribution in [3.8, 4) is 0 Å². The quantitative estimate of drug-likeness (QED) is 0.716. The number of nitrogens with one attached hydrogen (secondary N) is 1. The lowest BCUT2D eigenvalue weighted by molar-refractivity contribution is 1.14. The highest BCUT2D eigenvalue weighted by molar-refractivity contribution is 5.79. The maximum Gasteiger partial charge on any atom is 0.116 e. The molecule has 2 aromatic rings. The van der Waals surface area contributed by atoms with Crippen molar-refractivity contribution in [2.45, 2.75) is 41.5 Å². The first-order valence-electron chi connectivity index (χ1n) is 5.54. The highest BCUT2D eigenvalue weighted by atomic mass is 14.9. The smallest absolute Gasteiger partial charge is 0.116 e. The molecule has 0 saturated heterocycles. The summed E-state index contributed by atoms with van der Waals surface area (Å²) in [6.07, 6.45) is 3.55. The second kappa shape index (κ2) is 6.98. The van der Waals surface area contributed by atoms with Gasteiger partial charge in [0, 0.05) is 6.20 Å². The molecule has 0 atom stereocenters. The van der Waals surface area contributed by atoms with Crippen LogP contribution in [-0.4, -0.2) is 15.0 Å². The fraction of sp³-hybridized carbons (Fsp3) is 0.500. The van der Waals surface area contributed by atoms with Crippen LogP contribution in [0.5, 0.6) is 0 Å². The summed E-state index contributed by atoms with van der Waals surface area (Å²) in [4.78, 5) is 11.4. The van der Waals surface area contributed by atoms with Crippen LogP contribution in [0.25, 0.3) is 11.0 Å². The predicted molar refractivity (Wildman–Crippen MR) is 66.1 cm³/mol. The van der Waals surface area contributed by atoms with Gasteiger partial charge in [-0.1, -0.05) is 27.7 Å². The van der Waals surface area contributed by atoms with Gasteiger partial charge in [0.2, 0.25) is 0 Å². The first kappa shape index (κ1) is 13.6. The minimum absolute atomic E-state index is 1.00. The number of H-pyrrole nitrogens is 1. The van der Waals surface area contributed by atoms with Crippen LogP contribution in [0.3, 0.4) is 0 Å². The number of aromatic amines is 1. The van der Waals surface area contributed by atoms with Crippen molar-refractivity contribution in [1.29, 1.82) is 0 Å². The summed E-state index contributed by atoms with van der Waals surface area (Å²) < 4.78 is 0. The molecule has 2 rings (SSSR count). The molecule has 15 heavy (non-hydrogen) atoms. The van der Waals surface area contributed by atoms with Crippen LogP contribution < -0.4 is 0 Å². The minimum Gasteiger partial charge on any atom is -0.358 e. The molecule has 2 aromatic heterocycles. The van der Waals surface area contributed by atoms with E-state index < -0.39 is 0 Å². The van der Waals surface area contributed by atoms with Gasteiger partial charge in [0.1, 0.15) is 6.33 Å². The molecule has 0 saturated carbocycles. The Kier molecular flexibility index (Phi) is 6.34. The SMILES string of the molecule is CC.CC.Cc1c[nH]c2c(C)ncnc12. The first-order chi connectivity index (χ1) is 7.29. The van der Waals surface area contributed by atoms with Gasteiger partial charge in [0.25, 0.3) is 0 Å². The van der Waals surface area contributed by atoms with Crippen LogP contribution in [0.2, 0.25) is 0 Å². The van der Waals surface area contributed by atoms with E-state index in [0.29, 0.717) is 0 Å². The molecule has 84 valence electrons. The van der Waals surface area contributed by atoms with Crippen molar-refractivity contribution < 1.29 is 0 Å². The number of aryl methyl sites for hydroxylation is 2. The standard InChI is InChI=1S/C8H9N3.2C2H6/c1-5-3-9-8-6(2)10-4-11-7(5)8;2*1-2/h3-4,9H,1-2H3;2*1-2H3. The first-order valence-corrected chi connectivity index (χ1v) is 5.54. The second-order valence-electron chi connectivity index (χ2n) is 2.65. The van der Waals surface area contributed by atoms with Crippen molar-refractivity contribution in [2.75, 3.05) is 0 Å². The Balaban J connectivity index is 0.000000442. The Morgan fingerprint density at radius 2 is 1.60 bits per heavy atom. The zero-order chi connectivity index (χ0) is 11.8. The highest BCUT2D eigenvalue weighted by Crippen LogP contribution is 2.15. The Bertz CT molecular complexity index is 391. The van der Waals surface area contributed by atoms with E-state index in [-0.39, 0.29) is 0 Å². The molecule has 0 aromatic carbocycles. The predicted octanol–water partition coefficient (Wildman–Crippen LogP) is 3.63. The fourth-order valence-electron chi connectivity index (χ4n) is 1.19. The van der Waals surface area contributed by atoms with Crippen molar-refractivity contribution in [1.82, 2.24) is 15.0 Å². The van der Waals surface area contributed by atoms with Crippen LogP contribution in [0.15, 0.2) is 12.5 Å². The van der Waals surface area contributed by atoms with E-state index in [1.807, 2.05) is 47.7 Å². The molecule has 0 spiro atoms. The van der Waals surface area contributed by atoms with Crippen molar-refractivity contribution >= 4 is 11.0 Å². The number of hydrogen-bond acceptors (Lipinski definition) is 2. The van der Waals surface area contributed by atoms with E-state index in [4.69, 9.17) is 0 Å². The number of rotatable bonds is 0. The van der Waals surface area contributed by atoms with Gasteiger partial charge in [0.15, 0.2) is 0 Å². The van der Waals surface area contributed by atoms with E-state index >= 15 is 0 Å². The second-order valence-corrected chi connectivity index (χ2v) is 2.65. The topological polar surface area (TPSA) is 41.6 Å². The molecule has 1 N–H and O–H groups in total. The molecule has 3 heteroatoms. The summed E-state index contributed by atoms with van der Waals surface area (Å²) in [5.41, 5.74) is 4.25. The summed E-state index contributed by atoms with van der Waals surface area (Å²) in [7, 11) is 0. The summed E-state index contributed by atoms with van der Waals surface area (Å²) >= 11 is 0. The van der Waals surface area contributed by atoms with Gasteiger partial charge < -0.3 is 4.98 Å². The van der Waals surface area contributed by atoms with Crippen molar-refractivity contribution in [3.05, 3.63) is 23.8 Å². The van der Waals surface area contributed by atoms with E-state index in [1.165, 1.54) is 5.56 Å². The zero-order valence-corrected chi connectivity index (χ0v) is 10.5. The maximum absolute atomic E-state index is 4.16. The lowest BCUT2D eigenvalue weighted by atomic mass is 10.3. The number of nitrogens with zero attached hydrogens (tertiary/aromatic N) is 2. The van der Waals surface area contributed by atoms with Gasteiger partial charge in [-0.15, -0.1) is 0 Å². The van der Waals surface area contributed by atoms with Crippen molar-refractivity contribution in [2.24, 2.45) is 0 Å². The lowest BCUT2D eigenvalue weighted by Gasteiger charge is -1.92. The van der Waals surface area contributed by atoms with E-state index in [9.17, 15) is 0 Å². The largest absolute Gasteiger partial charge is 0.358 e. The third-order valence-electron chi connectivity index (χ3n) is 1.84. The summed E-state index contributed by atoms with van der Waals surface area (Å²) in [6, 6.07) is 0. The highest BCUT2D eigenvalue weighted by Gasteiger charge is 2.02. The van der Waals surface area contributed by atoms with Gasteiger partial charge >= 0.3 is 0 Å².